The van der Waals surface area contributed by atoms with Crippen molar-refractivity contribution in [3.8, 4) is 5.75 Å². The third-order valence-corrected chi connectivity index (χ3v) is 3.35. The fraction of sp³-hybridized carbons (Fsp3) is 0. The zero-order chi connectivity index (χ0) is 14.7. The van der Waals surface area contributed by atoms with E-state index in [-0.39, 0.29) is 11.5 Å². The topological polar surface area (TPSA) is 37.3 Å². The Labute approximate surface area is 123 Å². The van der Waals surface area contributed by atoms with E-state index in [2.05, 4.69) is 0 Å². The lowest BCUT2D eigenvalue weighted by molar-refractivity contribution is 0.104. The first-order valence-corrected chi connectivity index (χ1v) is 6.73. The van der Waals surface area contributed by atoms with Crippen LogP contribution in [0.25, 0.3) is 16.8 Å². The highest BCUT2D eigenvalue weighted by molar-refractivity contribution is 6.14. The van der Waals surface area contributed by atoms with Crippen LogP contribution < -0.4 is 0 Å². The first-order valence-electron chi connectivity index (χ1n) is 6.73. The molecule has 3 aromatic carbocycles. The van der Waals surface area contributed by atoms with Crippen molar-refractivity contribution in [2.75, 3.05) is 0 Å². The third kappa shape index (κ3) is 2.84. The van der Waals surface area contributed by atoms with Gasteiger partial charge in [0, 0.05) is 5.56 Å². The second kappa shape index (κ2) is 5.63. The highest BCUT2D eigenvalue weighted by Gasteiger charge is 2.06. The molecule has 0 aliphatic rings. The van der Waals surface area contributed by atoms with Gasteiger partial charge >= 0.3 is 0 Å². The molecule has 3 rings (SSSR count). The number of carbonyl (C=O) groups is 1. The number of phenolic OH excluding ortho intramolecular Hbond substituents is 1. The van der Waals surface area contributed by atoms with Gasteiger partial charge in [-0.1, -0.05) is 60.7 Å². The van der Waals surface area contributed by atoms with E-state index in [0.29, 0.717) is 5.56 Å². The minimum absolute atomic E-state index is 0.0462. The molecule has 0 aliphatic carbocycles. The fourth-order valence-electron chi connectivity index (χ4n) is 2.33. The number of hydrogen-bond acceptors (Lipinski definition) is 2. The molecule has 102 valence electrons. The van der Waals surface area contributed by atoms with E-state index >= 15 is 0 Å². The lowest BCUT2D eigenvalue weighted by atomic mass is 10.0. The van der Waals surface area contributed by atoms with E-state index in [0.717, 1.165) is 16.3 Å². The van der Waals surface area contributed by atoms with Crippen molar-refractivity contribution in [2.24, 2.45) is 0 Å². The van der Waals surface area contributed by atoms with E-state index in [1.165, 1.54) is 6.08 Å². The molecule has 0 aliphatic heterocycles. The average molecular weight is 274 g/mol. The quantitative estimate of drug-likeness (QED) is 0.566. The molecule has 0 saturated carbocycles. The lowest BCUT2D eigenvalue weighted by Gasteiger charge is -2.02. The summed E-state index contributed by atoms with van der Waals surface area (Å²) in [4.78, 5) is 12.4. The highest BCUT2D eigenvalue weighted by atomic mass is 16.3. The van der Waals surface area contributed by atoms with Gasteiger partial charge in [0.1, 0.15) is 5.75 Å². The third-order valence-electron chi connectivity index (χ3n) is 3.35. The van der Waals surface area contributed by atoms with Gasteiger partial charge < -0.3 is 5.11 Å². The van der Waals surface area contributed by atoms with Crippen molar-refractivity contribution in [3.63, 3.8) is 0 Å². The molecule has 0 fully saturated rings. The van der Waals surface area contributed by atoms with Gasteiger partial charge in [-0.15, -0.1) is 0 Å². The van der Waals surface area contributed by atoms with Crippen LogP contribution in [0.3, 0.4) is 0 Å². The zero-order valence-corrected chi connectivity index (χ0v) is 11.4. The van der Waals surface area contributed by atoms with Crippen LogP contribution in [0, 0.1) is 0 Å². The van der Waals surface area contributed by atoms with Gasteiger partial charge in [-0.3, -0.25) is 4.79 Å². The summed E-state index contributed by atoms with van der Waals surface area (Å²) >= 11 is 0. The van der Waals surface area contributed by atoms with E-state index in [9.17, 15) is 9.90 Å². The Morgan fingerprint density at radius 1 is 0.905 bits per heavy atom. The van der Waals surface area contributed by atoms with E-state index in [1.807, 2.05) is 48.5 Å². The largest absolute Gasteiger partial charge is 0.508 e. The molecule has 0 atom stereocenters. The Morgan fingerprint density at radius 2 is 1.67 bits per heavy atom. The van der Waals surface area contributed by atoms with Crippen LogP contribution in [0.2, 0.25) is 0 Å². The number of benzene rings is 3. The Bertz CT molecular complexity index is 826. The molecular weight excluding hydrogens is 260 g/mol. The number of fused-ring (bicyclic) bond motifs is 1. The Kier molecular flexibility index (Phi) is 3.52. The molecular formula is C19H14O2. The van der Waals surface area contributed by atoms with E-state index < -0.39 is 0 Å². The molecule has 0 aromatic heterocycles. The smallest absolute Gasteiger partial charge is 0.186 e. The molecule has 0 heterocycles. The maximum atomic E-state index is 12.4. The summed E-state index contributed by atoms with van der Waals surface area (Å²) in [7, 11) is 0. The van der Waals surface area contributed by atoms with Crippen molar-refractivity contribution in [1.82, 2.24) is 0 Å². The first-order chi connectivity index (χ1) is 10.2. The number of hydrogen-bond donors (Lipinski definition) is 1. The molecule has 2 nitrogen and oxygen atoms in total. The molecule has 0 unspecified atom stereocenters. The highest BCUT2D eigenvalue weighted by Crippen LogP contribution is 2.20. The molecule has 0 bridgehead atoms. The van der Waals surface area contributed by atoms with E-state index in [4.69, 9.17) is 0 Å². The van der Waals surface area contributed by atoms with Crippen molar-refractivity contribution < 1.29 is 9.90 Å². The number of ketones is 1. The van der Waals surface area contributed by atoms with Gasteiger partial charge in [0.2, 0.25) is 0 Å². The first kappa shape index (κ1) is 13.1. The SMILES string of the molecule is O=C(/C=C/c1cccc(O)c1)c1cccc2ccccc12. The van der Waals surface area contributed by atoms with Gasteiger partial charge in [-0.05, 0) is 34.5 Å². The Balaban J connectivity index is 1.94. The van der Waals surface area contributed by atoms with Crippen LogP contribution in [0.4, 0.5) is 0 Å². The Hall–Kier alpha value is -2.87. The summed E-state index contributed by atoms with van der Waals surface area (Å²) in [5.74, 6) is 0.143. The zero-order valence-electron chi connectivity index (χ0n) is 11.4. The second-order valence-corrected chi connectivity index (χ2v) is 4.82. The van der Waals surface area contributed by atoms with Gasteiger partial charge in [-0.2, -0.15) is 0 Å². The van der Waals surface area contributed by atoms with Gasteiger partial charge in [0.25, 0.3) is 0 Å². The van der Waals surface area contributed by atoms with Crippen LogP contribution in [0.15, 0.2) is 72.8 Å². The van der Waals surface area contributed by atoms with Crippen LogP contribution in [-0.4, -0.2) is 10.9 Å². The molecule has 1 N–H and O–H groups in total. The normalized spacial score (nSPS) is 11.0. The second-order valence-electron chi connectivity index (χ2n) is 4.82. The molecule has 2 heteroatoms. The van der Waals surface area contributed by atoms with Crippen LogP contribution in [-0.2, 0) is 0 Å². The molecule has 3 aromatic rings. The number of aromatic hydroxyl groups is 1. The number of phenols is 1. The molecule has 0 radical (unpaired) electrons. The van der Waals surface area contributed by atoms with Gasteiger partial charge in [0.05, 0.1) is 0 Å². The van der Waals surface area contributed by atoms with Crippen LogP contribution >= 0.6 is 0 Å². The van der Waals surface area contributed by atoms with Gasteiger partial charge in [0.15, 0.2) is 5.78 Å². The van der Waals surface area contributed by atoms with Crippen molar-refractivity contribution >= 4 is 22.6 Å². The monoisotopic (exact) mass is 274 g/mol. The molecule has 0 amide bonds. The summed E-state index contributed by atoms with van der Waals surface area (Å²) < 4.78 is 0. The van der Waals surface area contributed by atoms with Crippen molar-refractivity contribution in [2.45, 2.75) is 0 Å². The maximum Gasteiger partial charge on any atom is 0.186 e. The predicted octanol–water partition coefficient (Wildman–Crippen LogP) is 4.44. The standard InChI is InChI=1S/C19H14O2/c20-16-8-3-5-14(13-16)11-12-19(21)18-10-4-7-15-6-1-2-9-17(15)18/h1-13,20H/b12-11+. The molecule has 21 heavy (non-hydrogen) atoms. The summed E-state index contributed by atoms with van der Waals surface area (Å²) in [6, 6.07) is 20.3. The number of rotatable bonds is 3. The average Bonchev–Trinajstić information content (AvgIpc) is 2.52. The predicted molar refractivity (Wildman–Crippen MR) is 85.4 cm³/mol. The van der Waals surface area contributed by atoms with Crippen molar-refractivity contribution in [3.05, 3.63) is 83.9 Å². The lowest BCUT2D eigenvalue weighted by Crippen LogP contribution is -1.95. The number of carbonyl (C=O) groups excluding carboxylic acids is 1. The number of allylic oxidation sites excluding steroid dienone is 1. The summed E-state index contributed by atoms with van der Waals surface area (Å²) in [6.45, 7) is 0. The summed E-state index contributed by atoms with van der Waals surface area (Å²) in [6.07, 6.45) is 3.25. The van der Waals surface area contributed by atoms with Crippen LogP contribution in [0.5, 0.6) is 5.75 Å². The minimum Gasteiger partial charge on any atom is -0.508 e. The fourth-order valence-corrected chi connectivity index (χ4v) is 2.33. The Morgan fingerprint density at radius 3 is 2.52 bits per heavy atom. The van der Waals surface area contributed by atoms with Gasteiger partial charge in [-0.25, -0.2) is 0 Å². The summed E-state index contributed by atoms with van der Waals surface area (Å²) in [5, 5.41) is 11.4. The minimum atomic E-state index is -0.0462. The van der Waals surface area contributed by atoms with Crippen molar-refractivity contribution in [1.29, 1.82) is 0 Å². The van der Waals surface area contributed by atoms with E-state index in [1.54, 1.807) is 24.3 Å². The molecule has 0 spiro atoms. The maximum absolute atomic E-state index is 12.4. The molecule has 0 saturated heterocycles. The summed E-state index contributed by atoms with van der Waals surface area (Å²) in [5.41, 5.74) is 1.48. The van der Waals surface area contributed by atoms with Crippen LogP contribution in [0.1, 0.15) is 15.9 Å².